The summed E-state index contributed by atoms with van der Waals surface area (Å²) in [6, 6.07) is 15.3. The van der Waals surface area contributed by atoms with Crippen molar-refractivity contribution in [3.05, 3.63) is 75.8 Å². The second kappa shape index (κ2) is 8.45. The van der Waals surface area contributed by atoms with Crippen LogP contribution in [0.5, 0.6) is 0 Å². The van der Waals surface area contributed by atoms with Gasteiger partial charge in [-0.25, -0.2) is 9.37 Å². The van der Waals surface area contributed by atoms with Gasteiger partial charge in [-0.2, -0.15) is 0 Å². The van der Waals surface area contributed by atoms with Crippen LogP contribution in [-0.2, 0) is 11.3 Å². The third-order valence-electron chi connectivity index (χ3n) is 4.64. The van der Waals surface area contributed by atoms with Crippen LogP contribution in [0.4, 0.5) is 10.1 Å². The van der Waals surface area contributed by atoms with Crippen molar-refractivity contribution in [2.24, 2.45) is 0 Å². The number of nitrogens with one attached hydrogen (secondary N) is 1. The van der Waals surface area contributed by atoms with Crippen molar-refractivity contribution in [3.63, 3.8) is 0 Å². The Morgan fingerprint density at radius 2 is 1.90 bits per heavy atom. The SMILES string of the molecule is CCn1c(SCC(=O)Nc2ccc(F)cc2Cl)nc2cc3ccccc3cc2c1=O. The highest BCUT2D eigenvalue weighted by molar-refractivity contribution is 7.99. The summed E-state index contributed by atoms with van der Waals surface area (Å²) >= 11 is 7.12. The second-order valence-electron chi connectivity index (χ2n) is 6.62. The van der Waals surface area contributed by atoms with Crippen molar-refractivity contribution in [2.75, 3.05) is 11.1 Å². The molecule has 3 aromatic carbocycles. The molecule has 30 heavy (non-hydrogen) atoms. The van der Waals surface area contributed by atoms with Crippen LogP contribution < -0.4 is 10.9 Å². The molecule has 0 aliphatic heterocycles. The summed E-state index contributed by atoms with van der Waals surface area (Å²) in [5.41, 5.74) is 0.778. The molecule has 0 aliphatic carbocycles. The Hall–Kier alpha value is -2.90. The molecule has 0 radical (unpaired) electrons. The molecule has 4 rings (SSSR count). The zero-order chi connectivity index (χ0) is 21.3. The quantitative estimate of drug-likeness (QED) is 0.266. The molecular weight excluding hydrogens is 425 g/mol. The first-order chi connectivity index (χ1) is 14.5. The fourth-order valence-electron chi connectivity index (χ4n) is 3.18. The molecule has 4 aromatic rings. The van der Waals surface area contributed by atoms with Crippen LogP contribution in [-0.4, -0.2) is 21.2 Å². The van der Waals surface area contributed by atoms with Gasteiger partial charge in [0, 0.05) is 6.54 Å². The molecule has 1 amide bonds. The minimum Gasteiger partial charge on any atom is -0.324 e. The van der Waals surface area contributed by atoms with Gasteiger partial charge in [0.05, 0.1) is 27.4 Å². The molecular formula is C22H17ClFN3O2S. The van der Waals surface area contributed by atoms with E-state index in [1.165, 1.54) is 23.9 Å². The highest BCUT2D eigenvalue weighted by Gasteiger charge is 2.14. The van der Waals surface area contributed by atoms with Crippen LogP contribution in [0.25, 0.3) is 21.7 Å². The zero-order valence-corrected chi connectivity index (χ0v) is 17.6. The normalized spacial score (nSPS) is 11.2. The second-order valence-corrected chi connectivity index (χ2v) is 7.97. The van der Waals surface area contributed by atoms with Crippen LogP contribution in [0.3, 0.4) is 0 Å². The van der Waals surface area contributed by atoms with Gasteiger partial charge in [-0.3, -0.25) is 14.2 Å². The highest BCUT2D eigenvalue weighted by Crippen LogP contribution is 2.25. The summed E-state index contributed by atoms with van der Waals surface area (Å²) in [4.78, 5) is 30.0. The van der Waals surface area contributed by atoms with Gasteiger partial charge in [-0.05, 0) is 48.0 Å². The summed E-state index contributed by atoms with van der Waals surface area (Å²) in [6.07, 6.45) is 0. The third-order valence-corrected chi connectivity index (χ3v) is 5.93. The van der Waals surface area contributed by atoms with Crippen molar-refractivity contribution in [2.45, 2.75) is 18.6 Å². The Morgan fingerprint density at radius 3 is 2.60 bits per heavy atom. The molecule has 0 saturated carbocycles. The molecule has 0 aliphatic rings. The molecule has 0 spiro atoms. The Kier molecular flexibility index (Phi) is 5.74. The summed E-state index contributed by atoms with van der Waals surface area (Å²) in [7, 11) is 0. The number of hydrogen-bond donors (Lipinski definition) is 1. The largest absolute Gasteiger partial charge is 0.324 e. The van der Waals surface area contributed by atoms with Gasteiger partial charge in [0.25, 0.3) is 5.56 Å². The summed E-state index contributed by atoms with van der Waals surface area (Å²) in [6.45, 7) is 2.29. The van der Waals surface area contributed by atoms with E-state index in [2.05, 4.69) is 10.3 Å². The molecule has 8 heteroatoms. The lowest BCUT2D eigenvalue weighted by Gasteiger charge is -2.12. The van der Waals surface area contributed by atoms with Crippen LogP contribution in [0.15, 0.2) is 64.5 Å². The first kappa shape index (κ1) is 20.4. The maximum absolute atomic E-state index is 13.2. The number of anilines is 1. The Labute approximate surface area is 180 Å². The average Bonchev–Trinajstić information content (AvgIpc) is 2.73. The molecule has 0 bridgehead atoms. The van der Waals surface area contributed by atoms with Crippen molar-refractivity contribution in [1.29, 1.82) is 0 Å². The number of halogens is 2. The van der Waals surface area contributed by atoms with Crippen molar-refractivity contribution in [1.82, 2.24) is 9.55 Å². The van der Waals surface area contributed by atoms with Gasteiger partial charge in [0.15, 0.2) is 5.16 Å². The molecule has 1 N–H and O–H groups in total. The maximum Gasteiger partial charge on any atom is 0.262 e. The fraction of sp³-hybridized carbons (Fsp3) is 0.136. The summed E-state index contributed by atoms with van der Waals surface area (Å²) in [5, 5.41) is 5.74. The number of benzene rings is 3. The number of thioether (sulfide) groups is 1. The van der Waals surface area contributed by atoms with E-state index < -0.39 is 5.82 Å². The fourth-order valence-corrected chi connectivity index (χ4v) is 4.26. The van der Waals surface area contributed by atoms with E-state index in [-0.39, 0.29) is 22.2 Å². The monoisotopic (exact) mass is 441 g/mol. The lowest BCUT2D eigenvalue weighted by atomic mass is 10.1. The Morgan fingerprint density at radius 1 is 1.17 bits per heavy atom. The van der Waals surface area contributed by atoms with Gasteiger partial charge >= 0.3 is 0 Å². The number of fused-ring (bicyclic) bond motifs is 2. The van der Waals surface area contributed by atoms with E-state index in [4.69, 9.17) is 11.6 Å². The number of carbonyl (C=O) groups is 1. The third kappa shape index (κ3) is 4.04. The molecule has 152 valence electrons. The topological polar surface area (TPSA) is 64.0 Å². The number of amides is 1. The van der Waals surface area contributed by atoms with Gasteiger partial charge in [-0.15, -0.1) is 0 Å². The van der Waals surface area contributed by atoms with Crippen molar-refractivity contribution < 1.29 is 9.18 Å². The average molecular weight is 442 g/mol. The zero-order valence-electron chi connectivity index (χ0n) is 16.0. The smallest absolute Gasteiger partial charge is 0.262 e. The van der Waals surface area contributed by atoms with Crippen molar-refractivity contribution >= 4 is 56.6 Å². The lowest BCUT2D eigenvalue weighted by Crippen LogP contribution is -2.23. The summed E-state index contributed by atoms with van der Waals surface area (Å²) < 4.78 is 14.7. The van der Waals surface area contributed by atoms with Crippen LogP contribution in [0, 0.1) is 5.82 Å². The van der Waals surface area contributed by atoms with Gasteiger partial charge in [0.1, 0.15) is 5.82 Å². The van der Waals surface area contributed by atoms with Gasteiger partial charge < -0.3 is 5.32 Å². The van der Waals surface area contributed by atoms with Crippen molar-refractivity contribution in [3.8, 4) is 0 Å². The van der Waals surface area contributed by atoms with E-state index in [1.54, 1.807) is 4.57 Å². The van der Waals surface area contributed by atoms with E-state index in [0.717, 1.165) is 16.8 Å². The molecule has 0 saturated heterocycles. The van der Waals surface area contributed by atoms with Crippen LogP contribution in [0.1, 0.15) is 6.92 Å². The number of hydrogen-bond acceptors (Lipinski definition) is 4. The number of aromatic nitrogens is 2. The van der Waals surface area contributed by atoms with E-state index >= 15 is 0 Å². The molecule has 5 nitrogen and oxygen atoms in total. The Balaban J connectivity index is 1.62. The minimum absolute atomic E-state index is 0.0270. The number of rotatable bonds is 5. The Bertz CT molecular complexity index is 1340. The number of nitrogens with zero attached hydrogens (tertiary/aromatic N) is 2. The van der Waals surface area contributed by atoms with Gasteiger partial charge in [-0.1, -0.05) is 47.6 Å². The molecule has 1 heterocycles. The molecule has 0 fully saturated rings. The first-order valence-corrected chi connectivity index (χ1v) is 10.6. The maximum atomic E-state index is 13.2. The predicted molar refractivity (Wildman–Crippen MR) is 120 cm³/mol. The van der Waals surface area contributed by atoms with E-state index in [0.29, 0.717) is 28.3 Å². The van der Waals surface area contributed by atoms with E-state index in [9.17, 15) is 14.0 Å². The first-order valence-electron chi connectivity index (χ1n) is 9.27. The minimum atomic E-state index is -0.479. The lowest BCUT2D eigenvalue weighted by molar-refractivity contribution is -0.113. The van der Waals surface area contributed by atoms with Crippen LogP contribution >= 0.6 is 23.4 Å². The molecule has 1 aromatic heterocycles. The highest BCUT2D eigenvalue weighted by atomic mass is 35.5. The molecule has 0 unspecified atom stereocenters. The predicted octanol–water partition coefficient (Wildman–Crippen LogP) is 5.09. The summed E-state index contributed by atoms with van der Waals surface area (Å²) in [5.74, 6) is -0.782. The molecule has 0 atom stereocenters. The standard InChI is InChI=1S/C22H17ClFN3O2S/c1-2-27-21(29)16-9-13-5-3-4-6-14(13)10-19(16)26-22(27)30-12-20(28)25-18-8-7-15(24)11-17(18)23/h3-11H,2,12H2,1H3,(H,25,28). The van der Waals surface area contributed by atoms with E-state index in [1.807, 2.05) is 43.3 Å². The number of carbonyl (C=O) groups excluding carboxylic acids is 1. The van der Waals surface area contributed by atoms with Gasteiger partial charge in [0.2, 0.25) is 5.91 Å². The van der Waals surface area contributed by atoms with Crippen LogP contribution in [0.2, 0.25) is 5.02 Å².